The van der Waals surface area contributed by atoms with Gasteiger partial charge in [-0.25, -0.2) is 4.98 Å². The Morgan fingerprint density at radius 3 is 2.48 bits per heavy atom. The summed E-state index contributed by atoms with van der Waals surface area (Å²) < 4.78 is 15.9. The molecule has 3 aromatic rings. The third kappa shape index (κ3) is 4.35. The minimum Gasteiger partial charge on any atom is -0.493 e. The van der Waals surface area contributed by atoms with Crippen LogP contribution in [-0.4, -0.2) is 37.2 Å². The highest BCUT2D eigenvalue weighted by atomic mass is 32.1. The van der Waals surface area contributed by atoms with E-state index in [2.05, 4.69) is 15.3 Å². The van der Waals surface area contributed by atoms with Gasteiger partial charge in [0.25, 0.3) is 0 Å². The van der Waals surface area contributed by atoms with Crippen LogP contribution >= 0.6 is 11.3 Å². The molecule has 140 valence electrons. The number of aromatic nitrogens is 2. The first kappa shape index (κ1) is 18.7. The van der Waals surface area contributed by atoms with Gasteiger partial charge >= 0.3 is 0 Å². The van der Waals surface area contributed by atoms with Crippen LogP contribution in [0.25, 0.3) is 11.3 Å². The van der Waals surface area contributed by atoms with Crippen LogP contribution < -0.4 is 19.5 Å². The van der Waals surface area contributed by atoms with Gasteiger partial charge in [-0.1, -0.05) is 0 Å². The largest absolute Gasteiger partial charge is 0.493 e. The second-order valence-corrected chi connectivity index (χ2v) is 6.40. The van der Waals surface area contributed by atoms with Crippen LogP contribution in [0.4, 0.5) is 5.13 Å². The number of carbonyl (C=O) groups is 1. The van der Waals surface area contributed by atoms with Gasteiger partial charge < -0.3 is 19.5 Å². The number of methoxy groups -OCH3 is 3. The highest BCUT2D eigenvalue weighted by Crippen LogP contribution is 2.38. The number of ether oxygens (including phenoxy) is 3. The van der Waals surface area contributed by atoms with E-state index >= 15 is 0 Å². The van der Waals surface area contributed by atoms with E-state index < -0.39 is 0 Å². The van der Waals surface area contributed by atoms with Gasteiger partial charge in [-0.05, 0) is 29.8 Å². The number of nitrogens with zero attached hydrogens (tertiary/aromatic N) is 2. The molecule has 1 aromatic carbocycles. The van der Waals surface area contributed by atoms with E-state index in [0.29, 0.717) is 22.4 Å². The highest BCUT2D eigenvalue weighted by molar-refractivity contribution is 7.14. The van der Waals surface area contributed by atoms with E-state index in [1.54, 1.807) is 24.5 Å². The monoisotopic (exact) mass is 385 g/mol. The molecule has 0 saturated carbocycles. The Kier molecular flexibility index (Phi) is 5.87. The molecular weight excluding hydrogens is 366 g/mol. The average molecular weight is 385 g/mol. The van der Waals surface area contributed by atoms with E-state index in [1.165, 1.54) is 32.7 Å². The van der Waals surface area contributed by atoms with Crippen molar-refractivity contribution >= 4 is 22.4 Å². The fourth-order valence-electron chi connectivity index (χ4n) is 2.56. The molecule has 0 unspecified atom stereocenters. The molecule has 0 atom stereocenters. The number of amides is 1. The summed E-state index contributed by atoms with van der Waals surface area (Å²) >= 11 is 1.36. The minimum atomic E-state index is -0.184. The van der Waals surface area contributed by atoms with E-state index in [9.17, 15) is 4.79 Å². The third-order valence-corrected chi connectivity index (χ3v) is 4.55. The summed E-state index contributed by atoms with van der Waals surface area (Å²) in [6, 6.07) is 7.27. The predicted molar refractivity (Wildman–Crippen MR) is 104 cm³/mol. The maximum absolute atomic E-state index is 12.4. The standard InChI is InChI=1S/C19H19N3O4S/c1-24-15-7-12(8-16(25-2)18(15)26-3)9-17(23)22-19-21-14(11-27-19)13-5-4-6-20-10-13/h4-8,10-11H,9H2,1-3H3,(H,21,22,23). The van der Waals surface area contributed by atoms with Crippen molar-refractivity contribution in [1.82, 2.24) is 9.97 Å². The molecule has 3 rings (SSSR count). The quantitative estimate of drug-likeness (QED) is 0.671. The zero-order chi connectivity index (χ0) is 19.2. The van der Waals surface area contributed by atoms with Crippen LogP contribution in [0.2, 0.25) is 0 Å². The molecule has 8 heteroatoms. The van der Waals surface area contributed by atoms with Crippen molar-refractivity contribution in [3.05, 3.63) is 47.6 Å². The van der Waals surface area contributed by atoms with E-state index in [-0.39, 0.29) is 12.3 Å². The van der Waals surface area contributed by atoms with Crippen molar-refractivity contribution in [2.24, 2.45) is 0 Å². The highest BCUT2D eigenvalue weighted by Gasteiger charge is 2.15. The summed E-state index contributed by atoms with van der Waals surface area (Å²) in [5.74, 6) is 1.32. The lowest BCUT2D eigenvalue weighted by atomic mass is 10.1. The summed E-state index contributed by atoms with van der Waals surface area (Å²) in [6.45, 7) is 0. The Balaban J connectivity index is 1.72. The zero-order valence-corrected chi connectivity index (χ0v) is 16.0. The van der Waals surface area contributed by atoms with Gasteiger partial charge in [-0.15, -0.1) is 11.3 Å². The van der Waals surface area contributed by atoms with Crippen LogP contribution in [-0.2, 0) is 11.2 Å². The summed E-state index contributed by atoms with van der Waals surface area (Å²) in [5, 5.41) is 5.23. The topological polar surface area (TPSA) is 82.6 Å². The normalized spacial score (nSPS) is 10.3. The van der Waals surface area contributed by atoms with Crippen LogP contribution in [0.3, 0.4) is 0 Å². The summed E-state index contributed by atoms with van der Waals surface area (Å²) in [5.41, 5.74) is 2.42. The number of carbonyl (C=O) groups excluding carboxylic acids is 1. The van der Waals surface area contributed by atoms with Crippen molar-refractivity contribution in [2.45, 2.75) is 6.42 Å². The number of rotatable bonds is 7. The zero-order valence-electron chi connectivity index (χ0n) is 15.2. The lowest BCUT2D eigenvalue weighted by Gasteiger charge is -2.13. The van der Waals surface area contributed by atoms with Gasteiger partial charge in [0.15, 0.2) is 16.6 Å². The lowest BCUT2D eigenvalue weighted by molar-refractivity contribution is -0.115. The van der Waals surface area contributed by atoms with Gasteiger partial charge in [-0.2, -0.15) is 0 Å². The van der Waals surface area contributed by atoms with Gasteiger partial charge in [-0.3, -0.25) is 9.78 Å². The molecule has 0 spiro atoms. The fraction of sp³-hybridized carbons (Fsp3) is 0.211. The molecule has 2 aromatic heterocycles. The van der Waals surface area contributed by atoms with Crippen molar-refractivity contribution in [3.8, 4) is 28.5 Å². The fourth-order valence-corrected chi connectivity index (χ4v) is 3.30. The molecule has 1 amide bonds. The predicted octanol–water partition coefficient (Wildman–Crippen LogP) is 3.41. The molecule has 0 fully saturated rings. The van der Waals surface area contributed by atoms with Crippen molar-refractivity contribution < 1.29 is 19.0 Å². The van der Waals surface area contributed by atoms with Crippen LogP contribution in [0, 0.1) is 0 Å². The molecule has 27 heavy (non-hydrogen) atoms. The molecule has 1 N–H and O–H groups in total. The smallest absolute Gasteiger partial charge is 0.230 e. The van der Waals surface area contributed by atoms with Gasteiger partial charge in [0, 0.05) is 23.3 Å². The van der Waals surface area contributed by atoms with Crippen LogP contribution in [0.5, 0.6) is 17.2 Å². The first-order valence-electron chi connectivity index (χ1n) is 8.09. The Labute approximate surface area is 161 Å². The number of nitrogens with one attached hydrogen (secondary N) is 1. The number of hydrogen-bond donors (Lipinski definition) is 1. The van der Waals surface area contributed by atoms with E-state index in [4.69, 9.17) is 14.2 Å². The number of thiazole rings is 1. The molecule has 0 bridgehead atoms. The molecule has 0 aliphatic carbocycles. The molecule has 0 aliphatic heterocycles. The summed E-state index contributed by atoms with van der Waals surface area (Å²) in [7, 11) is 4.61. The maximum Gasteiger partial charge on any atom is 0.230 e. The van der Waals surface area contributed by atoms with Gasteiger partial charge in [0.1, 0.15) is 0 Å². The van der Waals surface area contributed by atoms with Gasteiger partial charge in [0.2, 0.25) is 11.7 Å². The third-order valence-electron chi connectivity index (χ3n) is 3.80. The van der Waals surface area contributed by atoms with Crippen molar-refractivity contribution in [1.29, 1.82) is 0 Å². The van der Waals surface area contributed by atoms with Gasteiger partial charge in [0.05, 0.1) is 33.4 Å². The van der Waals surface area contributed by atoms with E-state index in [0.717, 1.165) is 16.8 Å². The molecule has 2 heterocycles. The Hall–Kier alpha value is -3.13. The van der Waals surface area contributed by atoms with Crippen LogP contribution in [0.1, 0.15) is 5.56 Å². The van der Waals surface area contributed by atoms with Crippen LogP contribution in [0.15, 0.2) is 42.0 Å². The number of hydrogen-bond acceptors (Lipinski definition) is 7. The second kappa shape index (κ2) is 8.50. The van der Waals surface area contributed by atoms with Crippen molar-refractivity contribution in [3.63, 3.8) is 0 Å². The number of benzene rings is 1. The first-order chi connectivity index (χ1) is 13.1. The molecule has 0 aliphatic rings. The molecule has 0 radical (unpaired) electrons. The summed E-state index contributed by atoms with van der Waals surface area (Å²) in [4.78, 5) is 20.9. The van der Waals surface area contributed by atoms with E-state index in [1.807, 2.05) is 17.5 Å². The minimum absolute atomic E-state index is 0.151. The number of anilines is 1. The summed E-state index contributed by atoms with van der Waals surface area (Å²) in [6.07, 6.45) is 3.59. The SMILES string of the molecule is COc1cc(CC(=O)Nc2nc(-c3cccnc3)cs2)cc(OC)c1OC. The Morgan fingerprint density at radius 2 is 1.89 bits per heavy atom. The molecule has 7 nitrogen and oxygen atoms in total. The lowest BCUT2D eigenvalue weighted by Crippen LogP contribution is -2.14. The first-order valence-corrected chi connectivity index (χ1v) is 8.97. The Morgan fingerprint density at radius 1 is 1.15 bits per heavy atom. The van der Waals surface area contributed by atoms with Crippen molar-refractivity contribution in [2.75, 3.05) is 26.6 Å². The average Bonchev–Trinajstić information content (AvgIpc) is 3.16. The Bertz CT molecular complexity index is 903. The number of pyridine rings is 1. The maximum atomic E-state index is 12.4. The second-order valence-electron chi connectivity index (χ2n) is 5.54. The molecule has 0 saturated heterocycles. The molecular formula is C19H19N3O4S.